The molecule has 2 aliphatic rings. The third kappa shape index (κ3) is 6.28. The predicted molar refractivity (Wildman–Crippen MR) is 115 cm³/mol. The molecule has 1 aromatic rings. The Morgan fingerprint density at radius 3 is 2.40 bits per heavy atom. The summed E-state index contributed by atoms with van der Waals surface area (Å²) in [4.78, 5) is 24.5. The highest BCUT2D eigenvalue weighted by atomic mass is 32.2. The second-order valence-electron chi connectivity index (χ2n) is 8.39. The Labute approximate surface area is 179 Å². The molecular weight excluding hydrogens is 402 g/mol. The summed E-state index contributed by atoms with van der Waals surface area (Å²) in [6.45, 7) is 1.02. The van der Waals surface area contributed by atoms with Crippen LogP contribution < -0.4 is 10.9 Å². The fraction of sp³-hybridized carbons (Fsp3) is 0.636. The first-order valence-corrected chi connectivity index (χ1v) is 12.6. The number of carbonyl (C=O) groups is 2. The van der Waals surface area contributed by atoms with E-state index in [2.05, 4.69) is 10.9 Å². The zero-order valence-corrected chi connectivity index (χ0v) is 18.4. The van der Waals surface area contributed by atoms with Crippen LogP contribution in [-0.4, -0.2) is 37.6 Å². The Morgan fingerprint density at radius 1 is 0.967 bits per heavy atom. The topological polar surface area (TPSA) is 95.6 Å². The van der Waals surface area contributed by atoms with Gasteiger partial charge in [0.25, 0.3) is 5.91 Å². The number of carbonyl (C=O) groups excluding carboxylic acids is 2. The van der Waals surface area contributed by atoms with E-state index in [1.807, 2.05) is 0 Å². The van der Waals surface area contributed by atoms with Crippen molar-refractivity contribution in [3.8, 4) is 0 Å². The van der Waals surface area contributed by atoms with Crippen LogP contribution in [0.3, 0.4) is 0 Å². The number of nitrogens with one attached hydrogen (secondary N) is 2. The Morgan fingerprint density at radius 2 is 1.67 bits per heavy atom. The number of hydrazine groups is 1. The summed E-state index contributed by atoms with van der Waals surface area (Å²) in [6.07, 6.45) is 11.4. The number of piperidine rings is 1. The summed E-state index contributed by atoms with van der Waals surface area (Å²) in [6, 6.07) is 5.97. The van der Waals surface area contributed by atoms with Gasteiger partial charge in [-0.2, -0.15) is 4.31 Å². The van der Waals surface area contributed by atoms with Crippen molar-refractivity contribution in [3.05, 3.63) is 29.8 Å². The molecule has 0 spiro atoms. The van der Waals surface area contributed by atoms with Crippen molar-refractivity contribution < 1.29 is 18.0 Å². The minimum atomic E-state index is -3.61. The Hall–Kier alpha value is -1.93. The fourth-order valence-corrected chi connectivity index (χ4v) is 5.90. The zero-order valence-electron chi connectivity index (χ0n) is 17.6. The van der Waals surface area contributed by atoms with Crippen LogP contribution in [0.1, 0.15) is 81.0 Å². The highest BCUT2D eigenvalue weighted by Gasteiger charge is 2.26. The lowest BCUT2D eigenvalue weighted by atomic mass is 9.86. The second-order valence-corrected chi connectivity index (χ2v) is 10.3. The lowest BCUT2D eigenvalue weighted by molar-refractivity contribution is -0.122. The molecule has 166 valence electrons. The molecule has 1 aromatic carbocycles. The number of sulfonamides is 1. The van der Waals surface area contributed by atoms with Gasteiger partial charge < -0.3 is 0 Å². The first kappa shape index (κ1) is 22.7. The fourth-order valence-electron chi connectivity index (χ4n) is 4.34. The molecule has 1 aliphatic heterocycles. The van der Waals surface area contributed by atoms with Crippen LogP contribution in [0.25, 0.3) is 0 Å². The first-order chi connectivity index (χ1) is 14.5. The normalized spacial score (nSPS) is 18.7. The molecule has 1 aliphatic carbocycles. The van der Waals surface area contributed by atoms with Crippen LogP contribution in [0, 0.1) is 5.92 Å². The lowest BCUT2D eigenvalue weighted by Gasteiger charge is -2.26. The molecule has 8 heteroatoms. The molecule has 0 radical (unpaired) electrons. The third-order valence-electron chi connectivity index (χ3n) is 6.11. The highest BCUT2D eigenvalue weighted by Crippen LogP contribution is 2.27. The molecule has 1 saturated heterocycles. The molecule has 0 atom stereocenters. The molecule has 30 heavy (non-hydrogen) atoms. The summed E-state index contributed by atoms with van der Waals surface area (Å²) in [5.41, 5.74) is 5.04. The maximum Gasteiger partial charge on any atom is 0.269 e. The van der Waals surface area contributed by atoms with Crippen LogP contribution in [0.4, 0.5) is 0 Å². The van der Waals surface area contributed by atoms with Gasteiger partial charge in [0.15, 0.2) is 0 Å². The van der Waals surface area contributed by atoms with Crippen molar-refractivity contribution in [2.45, 2.75) is 75.5 Å². The molecule has 0 unspecified atom stereocenters. The van der Waals surface area contributed by atoms with E-state index in [1.54, 1.807) is 12.1 Å². The van der Waals surface area contributed by atoms with Crippen LogP contribution in [0.5, 0.6) is 0 Å². The minimum absolute atomic E-state index is 0.107. The quantitative estimate of drug-likeness (QED) is 0.642. The standard InChI is InChI=1S/C22H33N3O4S/c26-21(14-7-11-18-9-3-1-4-10-18)23-24-22(27)19-12-8-13-20(17-19)30(28,29)25-15-5-2-6-16-25/h8,12-13,17-18H,1-7,9-11,14-16H2,(H,23,26)(H,24,27). The monoisotopic (exact) mass is 435 g/mol. The molecule has 2 amide bonds. The van der Waals surface area contributed by atoms with Crippen molar-refractivity contribution in [1.29, 1.82) is 0 Å². The maximum absolute atomic E-state index is 12.8. The van der Waals surface area contributed by atoms with Gasteiger partial charge in [-0.15, -0.1) is 0 Å². The Kier molecular flexibility index (Phi) is 8.27. The average Bonchev–Trinajstić information content (AvgIpc) is 2.79. The zero-order chi connectivity index (χ0) is 21.4. The average molecular weight is 436 g/mol. The number of nitrogens with zero attached hydrogens (tertiary/aromatic N) is 1. The van der Waals surface area contributed by atoms with Gasteiger partial charge in [-0.05, 0) is 49.8 Å². The van der Waals surface area contributed by atoms with Gasteiger partial charge in [0, 0.05) is 25.1 Å². The smallest absolute Gasteiger partial charge is 0.269 e. The first-order valence-electron chi connectivity index (χ1n) is 11.2. The SMILES string of the molecule is O=C(CCCC1CCCCC1)NNC(=O)c1cccc(S(=O)(=O)N2CCCCC2)c1. The molecule has 7 nitrogen and oxygen atoms in total. The van der Waals surface area contributed by atoms with Crippen molar-refractivity contribution >= 4 is 21.8 Å². The summed E-state index contributed by atoms with van der Waals surface area (Å²) < 4.78 is 27.1. The molecular formula is C22H33N3O4S. The van der Waals surface area contributed by atoms with Crippen molar-refractivity contribution in [2.24, 2.45) is 5.92 Å². The maximum atomic E-state index is 12.8. The van der Waals surface area contributed by atoms with Gasteiger partial charge >= 0.3 is 0 Å². The van der Waals surface area contributed by atoms with E-state index < -0.39 is 15.9 Å². The van der Waals surface area contributed by atoms with Crippen molar-refractivity contribution in [2.75, 3.05) is 13.1 Å². The van der Waals surface area contributed by atoms with E-state index in [9.17, 15) is 18.0 Å². The third-order valence-corrected chi connectivity index (χ3v) is 8.00. The Bertz CT molecular complexity index is 829. The number of benzene rings is 1. The van der Waals surface area contributed by atoms with Gasteiger partial charge in [-0.1, -0.05) is 44.6 Å². The van der Waals surface area contributed by atoms with E-state index in [0.717, 1.165) is 38.0 Å². The summed E-state index contributed by atoms with van der Waals surface area (Å²) >= 11 is 0. The van der Waals surface area contributed by atoms with Gasteiger partial charge in [0.1, 0.15) is 0 Å². The molecule has 2 fully saturated rings. The van der Waals surface area contributed by atoms with E-state index >= 15 is 0 Å². The van der Waals surface area contributed by atoms with Gasteiger partial charge in [0.05, 0.1) is 4.90 Å². The van der Waals surface area contributed by atoms with Crippen molar-refractivity contribution in [3.63, 3.8) is 0 Å². The number of hydrogen-bond acceptors (Lipinski definition) is 4. The second kappa shape index (κ2) is 10.9. The summed E-state index contributed by atoms with van der Waals surface area (Å²) in [7, 11) is -3.61. The number of hydrogen-bond donors (Lipinski definition) is 2. The molecule has 3 rings (SSSR count). The van der Waals surface area contributed by atoms with Crippen LogP contribution in [0.2, 0.25) is 0 Å². The lowest BCUT2D eigenvalue weighted by Crippen LogP contribution is -2.41. The number of rotatable bonds is 7. The van der Waals surface area contributed by atoms with E-state index in [-0.39, 0.29) is 16.4 Å². The summed E-state index contributed by atoms with van der Waals surface area (Å²) in [5.74, 6) is -0.0201. The predicted octanol–water partition coefficient (Wildman–Crippen LogP) is 3.37. The summed E-state index contributed by atoms with van der Waals surface area (Å²) in [5, 5.41) is 0. The largest absolute Gasteiger partial charge is 0.273 e. The van der Waals surface area contributed by atoms with Gasteiger partial charge in [0.2, 0.25) is 15.9 Å². The van der Waals surface area contributed by atoms with Gasteiger partial charge in [-0.25, -0.2) is 8.42 Å². The molecule has 1 saturated carbocycles. The van der Waals surface area contributed by atoms with E-state index in [1.165, 1.54) is 48.5 Å². The van der Waals surface area contributed by atoms with E-state index in [4.69, 9.17) is 0 Å². The Balaban J connectivity index is 1.48. The molecule has 2 N–H and O–H groups in total. The van der Waals surface area contributed by atoms with Gasteiger partial charge in [-0.3, -0.25) is 20.4 Å². The van der Waals surface area contributed by atoms with E-state index in [0.29, 0.717) is 19.5 Å². The van der Waals surface area contributed by atoms with Crippen molar-refractivity contribution in [1.82, 2.24) is 15.2 Å². The van der Waals surface area contributed by atoms with Crippen LogP contribution in [-0.2, 0) is 14.8 Å². The highest BCUT2D eigenvalue weighted by molar-refractivity contribution is 7.89. The molecule has 1 heterocycles. The molecule has 0 bridgehead atoms. The van der Waals surface area contributed by atoms with Crippen LogP contribution in [0.15, 0.2) is 29.2 Å². The number of amides is 2. The van der Waals surface area contributed by atoms with Crippen LogP contribution >= 0.6 is 0 Å². The molecule has 0 aromatic heterocycles. The minimum Gasteiger partial charge on any atom is -0.273 e.